The van der Waals surface area contributed by atoms with Crippen molar-refractivity contribution in [3.05, 3.63) is 71.8 Å². The summed E-state index contributed by atoms with van der Waals surface area (Å²) in [6.07, 6.45) is 1.95. The van der Waals surface area contributed by atoms with E-state index in [0.717, 1.165) is 12.0 Å². The van der Waals surface area contributed by atoms with Crippen molar-refractivity contribution in [2.45, 2.75) is 12.5 Å². The van der Waals surface area contributed by atoms with Crippen LogP contribution in [0.1, 0.15) is 17.2 Å². The molecule has 1 unspecified atom stereocenters. The first-order valence-corrected chi connectivity index (χ1v) is 11.3. The Hall–Kier alpha value is -2.22. The van der Waals surface area contributed by atoms with Gasteiger partial charge in [-0.3, -0.25) is 9.69 Å². The van der Waals surface area contributed by atoms with Crippen molar-refractivity contribution in [1.82, 2.24) is 14.5 Å². The van der Waals surface area contributed by atoms with Crippen molar-refractivity contribution < 1.29 is 13.2 Å². The minimum atomic E-state index is -3.16. The minimum Gasteiger partial charge on any atom is -0.348 e. The smallest absolute Gasteiger partial charge is 0.234 e. The van der Waals surface area contributed by atoms with Crippen LogP contribution < -0.4 is 5.32 Å². The Morgan fingerprint density at radius 2 is 1.54 bits per heavy atom. The predicted octanol–water partition coefficient (Wildman–Crippen LogP) is 1.66. The first-order chi connectivity index (χ1) is 13.4. The highest BCUT2D eigenvalue weighted by atomic mass is 32.2. The number of carbonyl (C=O) groups excluding carboxylic acids is 1. The molecule has 2 aromatic carbocycles. The second-order valence-corrected chi connectivity index (χ2v) is 9.14. The summed E-state index contributed by atoms with van der Waals surface area (Å²) in [5.41, 5.74) is 2.24. The van der Waals surface area contributed by atoms with Gasteiger partial charge in [-0.2, -0.15) is 4.31 Å². The molecule has 1 N–H and O–H groups in total. The maximum Gasteiger partial charge on any atom is 0.234 e. The van der Waals surface area contributed by atoms with Gasteiger partial charge in [-0.15, -0.1) is 0 Å². The summed E-state index contributed by atoms with van der Waals surface area (Å²) in [6.45, 7) is 2.26. The number of piperazine rings is 1. The molecule has 3 rings (SSSR count). The Morgan fingerprint density at radius 3 is 2.11 bits per heavy atom. The maximum atomic E-state index is 12.7. The van der Waals surface area contributed by atoms with Crippen LogP contribution in [-0.2, 0) is 21.2 Å². The van der Waals surface area contributed by atoms with Crippen molar-refractivity contribution in [3.8, 4) is 0 Å². The Balaban J connectivity index is 1.60. The summed E-state index contributed by atoms with van der Waals surface area (Å²) in [5, 5.41) is 3.16. The summed E-state index contributed by atoms with van der Waals surface area (Å²) >= 11 is 0. The standard InChI is InChI=1S/C21H27N3O3S/c1-28(26,27)24-14-12-23(13-15-24)17-21(25)22-20(19-10-6-3-7-11-19)16-18-8-4-2-5-9-18/h2-11,20H,12-17H2,1H3,(H,22,25). The second kappa shape index (κ2) is 9.32. The van der Waals surface area contributed by atoms with Crippen molar-refractivity contribution in [1.29, 1.82) is 0 Å². The summed E-state index contributed by atoms with van der Waals surface area (Å²) in [5.74, 6) is -0.0439. The van der Waals surface area contributed by atoms with E-state index in [1.807, 2.05) is 53.4 Å². The summed E-state index contributed by atoms with van der Waals surface area (Å²) < 4.78 is 24.7. The maximum absolute atomic E-state index is 12.7. The van der Waals surface area contributed by atoms with Gasteiger partial charge >= 0.3 is 0 Å². The fourth-order valence-corrected chi connectivity index (χ4v) is 4.28. The molecule has 150 valence electrons. The van der Waals surface area contributed by atoms with Gasteiger partial charge < -0.3 is 5.32 Å². The summed E-state index contributed by atoms with van der Waals surface area (Å²) in [7, 11) is -3.16. The molecule has 1 aliphatic heterocycles. The largest absolute Gasteiger partial charge is 0.348 e. The average Bonchev–Trinajstić information content (AvgIpc) is 2.69. The van der Waals surface area contributed by atoms with Gasteiger partial charge in [0.25, 0.3) is 0 Å². The second-order valence-electron chi connectivity index (χ2n) is 7.16. The lowest BCUT2D eigenvalue weighted by atomic mass is 9.99. The van der Waals surface area contributed by atoms with Crippen molar-refractivity contribution in [2.24, 2.45) is 0 Å². The van der Waals surface area contributed by atoms with Gasteiger partial charge in [0.05, 0.1) is 18.8 Å². The predicted molar refractivity (Wildman–Crippen MR) is 110 cm³/mol. The molecule has 7 heteroatoms. The lowest BCUT2D eigenvalue weighted by Gasteiger charge is -2.33. The Kier molecular flexibility index (Phi) is 6.83. The van der Waals surface area contributed by atoms with Crippen LogP contribution in [0.15, 0.2) is 60.7 Å². The van der Waals surface area contributed by atoms with Crippen LogP contribution in [0.4, 0.5) is 0 Å². The monoisotopic (exact) mass is 401 g/mol. The average molecular weight is 402 g/mol. The normalized spacial score (nSPS) is 17.2. The molecule has 0 bridgehead atoms. The molecule has 1 heterocycles. The molecule has 2 aromatic rings. The van der Waals surface area contributed by atoms with Gasteiger partial charge in [0, 0.05) is 26.2 Å². The van der Waals surface area contributed by atoms with Crippen LogP contribution in [0, 0.1) is 0 Å². The molecule has 1 aliphatic rings. The highest BCUT2D eigenvalue weighted by Crippen LogP contribution is 2.18. The zero-order valence-corrected chi connectivity index (χ0v) is 16.9. The lowest BCUT2D eigenvalue weighted by Crippen LogP contribution is -2.51. The first-order valence-electron chi connectivity index (χ1n) is 9.47. The van der Waals surface area contributed by atoms with Gasteiger partial charge in [-0.05, 0) is 17.5 Å². The van der Waals surface area contributed by atoms with E-state index in [0.29, 0.717) is 26.2 Å². The topological polar surface area (TPSA) is 69.7 Å². The molecular formula is C21H27N3O3S. The van der Waals surface area contributed by atoms with Crippen LogP contribution in [-0.4, -0.2) is 62.5 Å². The van der Waals surface area contributed by atoms with Crippen molar-refractivity contribution in [2.75, 3.05) is 39.0 Å². The van der Waals surface area contributed by atoms with E-state index in [1.54, 1.807) is 0 Å². The number of nitrogens with one attached hydrogen (secondary N) is 1. The van der Waals surface area contributed by atoms with Crippen LogP contribution in [0.3, 0.4) is 0 Å². The minimum absolute atomic E-state index is 0.0439. The fraction of sp³-hybridized carbons (Fsp3) is 0.381. The molecular weight excluding hydrogens is 374 g/mol. The van der Waals surface area contributed by atoms with E-state index >= 15 is 0 Å². The van der Waals surface area contributed by atoms with E-state index in [4.69, 9.17) is 0 Å². The molecule has 28 heavy (non-hydrogen) atoms. The number of hydrogen-bond acceptors (Lipinski definition) is 4. The van der Waals surface area contributed by atoms with Crippen LogP contribution >= 0.6 is 0 Å². The van der Waals surface area contributed by atoms with Crippen molar-refractivity contribution in [3.63, 3.8) is 0 Å². The Labute approximate surface area is 167 Å². The zero-order valence-electron chi connectivity index (χ0n) is 16.1. The molecule has 1 atom stereocenters. The van der Waals surface area contributed by atoms with E-state index < -0.39 is 10.0 Å². The van der Waals surface area contributed by atoms with E-state index in [-0.39, 0.29) is 18.5 Å². The first kappa shape index (κ1) is 20.5. The third-order valence-corrected chi connectivity index (χ3v) is 6.29. The van der Waals surface area contributed by atoms with Crippen molar-refractivity contribution >= 4 is 15.9 Å². The molecule has 1 saturated heterocycles. The summed E-state index contributed by atoms with van der Waals surface area (Å²) in [4.78, 5) is 14.7. The fourth-order valence-electron chi connectivity index (χ4n) is 3.45. The third kappa shape index (κ3) is 5.89. The molecule has 0 saturated carbocycles. The molecule has 0 aromatic heterocycles. The van der Waals surface area contributed by atoms with Gasteiger partial charge in [0.2, 0.25) is 15.9 Å². The van der Waals surface area contributed by atoms with Gasteiger partial charge in [0.15, 0.2) is 0 Å². The van der Waals surface area contributed by atoms with Crippen LogP contribution in [0.25, 0.3) is 0 Å². The zero-order chi connectivity index (χ0) is 20.0. The molecule has 0 aliphatic carbocycles. The molecule has 6 nitrogen and oxygen atoms in total. The Morgan fingerprint density at radius 1 is 0.964 bits per heavy atom. The Bertz CT molecular complexity index is 864. The number of sulfonamides is 1. The van der Waals surface area contributed by atoms with E-state index in [2.05, 4.69) is 17.4 Å². The number of nitrogens with zero attached hydrogens (tertiary/aromatic N) is 2. The number of rotatable bonds is 7. The molecule has 0 spiro atoms. The van der Waals surface area contributed by atoms with Gasteiger partial charge in [-0.1, -0.05) is 60.7 Å². The third-order valence-electron chi connectivity index (χ3n) is 4.99. The van der Waals surface area contributed by atoms with Crippen LogP contribution in [0.5, 0.6) is 0 Å². The molecule has 0 radical (unpaired) electrons. The molecule has 1 amide bonds. The van der Waals surface area contributed by atoms with Gasteiger partial charge in [0.1, 0.15) is 0 Å². The highest BCUT2D eigenvalue weighted by Gasteiger charge is 2.25. The summed E-state index contributed by atoms with van der Waals surface area (Å²) in [6, 6.07) is 20.0. The lowest BCUT2D eigenvalue weighted by molar-refractivity contribution is -0.123. The quantitative estimate of drug-likeness (QED) is 0.766. The number of amides is 1. The van der Waals surface area contributed by atoms with E-state index in [9.17, 15) is 13.2 Å². The van der Waals surface area contributed by atoms with Crippen LogP contribution in [0.2, 0.25) is 0 Å². The molecule has 1 fully saturated rings. The SMILES string of the molecule is CS(=O)(=O)N1CCN(CC(=O)NC(Cc2ccccc2)c2ccccc2)CC1. The van der Waals surface area contributed by atoms with Gasteiger partial charge in [-0.25, -0.2) is 8.42 Å². The number of benzene rings is 2. The highest BCUT2D eigenvalue weighted by molar-refractivity contribution is 7.88. The van der Waals surface area contributed by atoms with E-state index in [1.165, 1.54) is 16.1 Å². The number of carbonyl (C=O) groups is 1. The number of hydrogen-bond donors (Lipinski definition) is 1.